The van der Waals surface area contributed by atoms with E-state index in [1.807, 2.05) is 68.6 Å². The molecule has 0 amide bonds. The van der Waals surface area contributed by atoms with Gasteiger partial charge in [0.05, 0.1) is 11.0 Å². The summed E-state index contributed by atoms with van der Waals surface area (Å²) in [7, 11) is 0. The van der Waals surface area contributed by atoms with Crippen LogP contribution in [0.2, 0.25) is 0 Å². The highest BCUT2D eigenvalue weighted by molar-refractivity contribution is 7.18. The van der Waals surface area contributed by atoms with Crippen molar-refractivity contribution in [2.24, 2.45) is 0 Å². The van der Waals surface area contributed by atoms with E-state index in [1.165, 1.54) is 0 Å². The normalized spacial score (nSPS) is 10.8. The number of ether oxygens (including phenoxy) is 1. The second-order valence-electron chi connectivity index (χ2n) is 5.85. The van der Waals surface area contributed by atoms with Gasteiger partial charge in [0.2, 0.25) is 0 Å². The van der Waals surface area contributed by atoms with Gasteiger partial charge in [-0.3, -0.25) is 4.79 Å². The van der Waals surface area contributed by atoms with Crippen LogP contribution < -0.4 is 4.74 Å². The fourth-order valence-corrected chi connectivity index (χ4v) is 3.29. The zero-order chi connectivity index (χ0) is 17.1. The van der Waals surface area contributed by atoms with Crippen molar-refractivity contribution >= 4 is 17.1 Å². The largest absolute Gasteiger partial charge is 0.491 e. The predicted octanol–water partition coefficient (Wildman–Crippen LogP) is 5.47. The molecule has 0 aliphatic carbocycles. The summed E-state index contributed by atoms with van der Waals surface area (Å²) in [5, 5.41) is 0.947. The Labute approximate surface area is 146 Å². The molecule has 3 aromatic rings. The van der Waals surface area contributed by atoms with Gasteiger partial charge in [-0.15, -0.1) is 11.3 Å². The van der Waals surface area contributed by atoms with Crippen molar-refractivity contribution in [3.8, 4) is 26.8 Å². The number of rotatable bonds is 5. The molecule has 0 atom stereocenters. The average molecular weight is 337 g/mol. The van der Waals surface area contributed by atoms with Crippen molar-refractivity contribution in [3.05, 3.63) is 60.3 Å². The zero-order valence-corrected chi connectivity index (χ0v) is 14.8. The quantitative estimate of drug-likeness (QED) is 0.580. The second-order valence-corrected chi connectivity index (χ2v) is 6.88. The summed E-state index contributed by atoms with van der Waals surface area (Å²) in [5.41, 5.74) is 2.86. The lowest BCUT2D eigenvalue weighted by Gasteiger charge is -2.09. The summed E-state index contributed by atoms with van der Waals surface area (Å²) in [6, 6.07) is 15.6. The Morgan fingerprint density at radius 2 is 1.62 bits per heavy atom. The molecule has 0 aliphatic heterocycles. The highest BCUT2D eigenvalue weighted by atomic mass is 32.1. The van der Waals surface area contributed by atoms with Crippen LogP contribution in [0.3, 0.4) is 0 Å². The maximum absolute atomic E-state index is 11.4. The van der Waals surface area contributed by atoms with Crippen LogP contribution in [0.5, 0.6) is 5.75 Å². The first-order valence-electron chi connectivity index (χ1n) is 7.87. The molecule has 0 N–H and O–H groups in total. The monoisotopic (exact) mass is 337 g/mol. The number of thiazole rings is 1. The molecule has 0 radical (unpaired) electrons. The molecule has 0 spiro atoms. The van der Waals surface area contributed by atoms with Crippen LogP contribution >= 0.6 is 11.3 Å². The van der Waals surface area contributed by atoms with Crippen LogP contribution in [0.15, 0.2) is 54.7 Å². The van der Waals surface area contributed by atoms with Gasteiger partial charge in [0, 0.05) is 17.3 Å². The molecule has 3 nitrogen and oxygen atoms in total. The van der Waals surface area contributed by atoms with Crippen LogP contribution in [0, 0.1) is 0 Å². The van der Waals surface area contributed by atoms with Crippen molar-refractivity contribution in [2.75, 3.05) is 0 Å². The Kier molecular flexibility index (Phi) is 4.76. The Hall–Kier alpha value is -2.46. The molecular formula is C20H19NO2S. The summed E-state index contributed by atoms with van der Waals surface area (Å²) in [5.74, 6) is 0.948. The van der Waals surface area contributed by atoms with E-state index in [0.717, 1.165) is 32.3 Å². The lowest BCUT2D eigenvalue weighted by molar-refractivity contribution is 0.101. The van der Waals surface area contributed by atoms with Crippen molar-refractivity contribution in [3.63, 3.8) is 0 Å². The average Bonchev–Trinajstić information content (AvgIpc) is 3.05. The number of carbonyl (C=O) groups excluding carboxylic acids is 1. The zero-order valence-electron chi connectivity index (χ0n) is 13.9. The van der Waals surface area contributed by atoms with Gasteiger partial charge in [-0.25, -0.2) is 4.98 Å². The highest BCUT2D eigenvalue weighted by Crippen LogP contribution is 2.33. The van der Waals surface area contributed by atoms with Gasteiger partial charge in [-0.1, -0.05) is 24.3 Å². The predicted molar refractivity (Wildman–Crippen MR) is 98.8 cm³/mol. The molecule has 2 aromatic carbocycles. The highest BCUT2D eigenvalue weighted by Gasteiger charge is 2.08. The third kappa shape index (κ3) is 3.71. The molecule has 0 unspecified atom stereocenters. The van der Waals surface area contributed by atoms with Gasteiger partial charge in [0.15, 0.2) is 5.78 Å². The molecule has 24 heavy (non-hydrogen) atoms. The summed E-state index contributed by atoms with van der Waals surface area (Å²) in [6.45, 7) is 5.60. The van der Waals surface area contributed by atoms with Gasteiger partial charge in [-0.2, -0.15) is 0 Å². The molecule has 3 rings (SSSR count). The van der Waals surface area contributed by atoms with E-state index in [2.05, 4.69) is 4.98 Å². The van der Waals surface area contributed by atoms with E-state index in [9.17, 15) is 4.79 Å². The van der Waals surface area contributed by atoms with Crippen molar-refractivity contribution < 1.29 is 9.53 Å². The summed E-state index contributed by atoms with van der Waals surface area (Å²) in [4.78, 5) is 17.0. The number of aromatic nitrogens is 1. The van der Waals surface area contributed by atoms with Gasteiger partial charge >= 0.3 is 0 Å². The molecule has 122 valence electrons. The molecule has 0 saturated carbocycles. The van der Waals surface area contributed by atoms with Gasteiger partial charge in [-0.05, 0) is 50.6 Å². The van der Waals surface area contributed by atoms with Crippen molar-refractivity contribution in [1.29, 1.82) is 0 Å². The number of hydrogen-bond acceptors (Lipinski definition) is 4. The minimum atomic E-state index is 0.0742. The molecule has 1 heterocycles. The molecule has 0 saturated heterocycles. The standard InChI is InChI=1S/C20H19NO2S/c1-13(2)23-18-10-8-16(9-11-18)19-12-21-20(24-19)17-6-4-15(5-7-17)14(3)22/h4-13H,1-3H3. The van der Waals surface area contributed by atoms with E-state index >= 15 is 0 Å². The Bertz CT molecular complexity index is 833. The lowest BCUT2D eigenvalue weighted by atomic mass is 10.1. The number of carbonyl (C=O) groups is 1. The number of nitrogens with zero attached hydrogens (tertiary/aromatic N) is 1. The third-order valence-electron chi connectivity index (χ3n) is 3.55. The van der Waals surface area contributed by atoms with Crippen molar-refractivity contribution in [1.82, 2.24) is 4.98 Å². The first-order valence-corrected chi connectivity index (χ1v) is 8.69. The number of benzene rings is 2. The van der Waals surface area contributed by atoms with Gasteiger partial charge in [0.25, 0.3) is 0 Å². The fourth-order valence-electron chi connectivity index (χ4n) is 2.36. The van der Waals surface area contributed by atoms with E-state index in [4.69, 9.17) is 4.74 Å². The fraction of sp³-hybridized carbons (Fsp3) is 0.200. The third-order valence-corrected chi connectivity index (χ3v) is 4.65. The van der Waals surface area contributed by atoms with Crippen LogP contribution in [0.1, 0.15) is 31.1 Å². The van der Waals surface area contributed by atoms with Crippen molar-refractivity contribution in [2.45, 2.75) is 26.9 Å². The summed E-state index contributed by atoms with van der Waals surface area (Å²) >= 11 is 1.64. The first-order chi connectivity index (χ1) is 11.5. The minimum absolute atomic E-state index is 0.0742. The SMILES string of the molecule is CC(=O)c1ccc(-c2ncc(-c3ccc(OC(C)C)cc3)s2)cc1. The molecule has 0 aliphatic rings. The molecule has 0 bridgehead atoms. The van der Waals surface area contributed by atoms with Crippen LogP contribution in [0.25, 0.3) is 21.0 Å². The summed E-state index contributed by atoms with van der Waals surface area (Å²) < 4.78 is 5.67. The Morgan fingerprint density at radius 1 is 1.00 bits per heavy atom. The maximum Gasteiger partial charge on any atom is 0.159 e. The number of Topliss-reactive ketones (excluding diaryl/α,β-unsaturated/α-hetero) is 1. The molecule has 1 aromatic heterocycles. The molecule has 0 fully saturated rings. The molecular weight excluding hydrogens is 318 g/mol. The molecule has 4 heteroatoms. The Morgan fingerprint density at radius 3 is 2.21 bits per heavy atom. The van der Waals surface area contributed by atoms with Crippen LogP contribution in [-0.2, 0) is 0 Å². The van der Waals surface area contributed by atoms with Gasteiger partial charge < -0.3 is 4.74 Å². The van der Waals surface area contributed by atoms with E-state index < -0.39 is 0 Å². The Balaban J connectivity index is 1.81. The van der Waals surface area contributed by atoms with E-state index in [1.54, 1.807) is 18.3 Å². The van der Waals surface area contributed by atoms with E-state index in [0.29, 0.717) is 0 Å². The topological polar surface area (TPSA) is 39.2 Å². The second kappa shape index (κ2) is 6.97. The minimum Gasteiger partial charge on any atom is -0.491 e. The number of ketones is 1. The first kappa shape index (κ1) is 16.4. The van der Waals surface area contributed by atoms with Crippen LogP contribution in [0.4, 0.5) is 0 Å². The van der Waals surface area contributed by atoms with Gasteiger partial charge in [0.1, 0.15) is 10.8 Å². The maximum atomic E-state index is 11.4. The number of hydrogen-bond donors (Lipinski definition) is 0. The summed E-state index contributed by atoms with van der Waals surface area (Å²) in [6.07, 6.45) is 2.06. The van der Waals surface area contributed by atoms with Crippen LogP contribution in [-0.4, -0.2) is 16.9 Å². The lowest BCUT2D eigenvalue weighted by Crippen LogP contribution is -2.04. The smallest absolute Gasteiger partial charge is 0.159 e. The van der Waals surface area contributed by atoms with E-state index in [-0.39, 0.29) is 11.9 Å².